The second-order valence-electron chi connectivity index (χ2n) is 4.81. The maximum atomic E-state index is 11.6. The maximum absolute atomic E-state index is 11.6. The predicted octanol–water partition coefficient (Wildman–Crippen LogP) is 2.91. The zero-order valence-corrected chi connectivity index (χ0v) is 11.9. The van der Waals surface area contributed by atoms with Gasteiger partial charge in [0.1, 0.15) is 0 Å². The molecule has 0 aromatic carbocycles. The van der Waals surface area contributed by atoms with E-state index in [0.717, 1.165) is 0 Å². The van der Waals surface area contributed by atoms with Crippen LogP contribution in [0.4, 0.5) is 0 Å². The van der Waals surface area contributed by atoms with E-state index in [1.54, 1.807) is 0 Å². The molecule has 0 aliphatic heterocycles. The highest BCUT2D eigenvalue weighted by Gasteiger charge is 2.22. The fraction of sp³-hybridized carbons (Fsp3) is 0.643. The van der Waals surface area contributed by atoms with Gasteiger partial charge in [-0.1, -0.05) is 6.92 Å². The van der Waals surface area contributed by atoms with Gasteiger partial charge in [-0.05, 0) is 43.2 Å². The summed E-state index contributed by atoms with van der Waals surface area (Å²) >= 11 is 1.85. The number of hydrogen-bond donors (Lipinski definition) is 1. The Balaban J connectivity index is 1.87. The van der Waals surface area contributed by atoms with Crippen LogP contribution in [-0.4, -0.2) is 19.1 Å². The molecule has 1 aromatic heterocycles. The third-order valence-corrected chi connectivity index (χ3v) is 4.41. The van der Waals surface area contributed by atoms with Crippen molar-refractivity contribution in [2.45, 2.75) is 39.2 Å². The topological polar surface area (TPSA) is 38.3 Å². The van der Waals surface area contributed by atoms with Crippen molar-refractivity contribution in [2.75, 3.05) is 13.2 Å². The van der Waals surface area contributed by atoms with Gasteiger partial charge in [-0.3, -0.25) is 4.79 Å². The van der Waals surface area contributed by atoms with Crippen LogP contribution >= 0.6 is 11.3 Å². The molecule has 3 nitrogen and oxygen atoms in total. The third-order valence-electron chi connectivity index (χ3n) is 3.41. The molecule has 0 fully saturated rings. The van der Waals surface area contributed by atoms with Gasteiger partial charge >= 0.3 is 5.97 Å². The van der Waals surface area contributed by atoms with Crippen molar-refractivity contribution in [1.29, 1.82) is 0 Å². The average molecular weight is 267 g/mol. The molecule has 2 rings (SSSR count). The van der Waals surface area contributed by atoms with Crippen LogP contribution in [0.5, 0.6) is 0 Å². The predicted molar refractivity (Wildman–Crippen MR) is 73.8 cm³/mol. The van der Waals surface area contributed by atoms with Gasteiger partial charge in [0.15, 0.2) is 0 Å². The van der Waals surface area contributed by atoms with E-state index in [4.69, 9.17) is 4.74 Å². The minimum absolute atomic E-state index is 0.0750. The first-order valence-corrected chi connectivity index (χ1v) is 7.56. The van der Waals surface area contributed by atoms with Crippen LogP contribution < -0.4 is 5.32 Å². The van der Waals surface area contributed by atoms with Gasteiger partial charge in [0.2, 0.25) is 0 Å². The summed E-state index contributed by atoms with van der Waals surface area (Å²) < 4.78 is 5.02. The molecular formula is C14H21NO2S. The summed E-state index contributed by atoms with van der Waals surface area (Å²) in [5.41, 5.74) is 1.43. The minimum atomic E-state index is -0.105. The number of esters is 1. The van der Waals surface area contributed by atoms with Gasteiger partial charge in [-0.25, -0.2) is 0 Å². The number of nitrogens with one attached hydrogen (secondary N) is 1. The monoisotopic (exact) mass is 267 g/mol. The first-order chi connectivity index (χ1) is 8.72. The van der Waals surface area contributed by atoms with Gasteiger partial charge in [0.25, 0.3) is 0 Å². The van der Waals surface area contributed by atoms with Gasteiger partial charge in [-0.15, -0.1) is 11.3 Å². The summed E-state index contributed by atoms with van der Waals surface area (Å²) in [4.78, 5) is 13.1. The maximum Gasteiger partial charge on any atom is 0.309 e. The lowest BCUT2D eigenvalue weighted by Gasteiger charge is -2.25. The molecule has 2 atom stereocenters. The summed E-state index contributed by atoms with van der Waals surface area (Å²) in [7, 11) is 0. The van der Waals surface area contributed by atoms with Crippen molar-refractivity contribution in [3.8, 4) is 0 Å². The molecule has 1 aromatic rings. The lowest BCUT2D eigenvalue weighted by molar-refractivity contribution is -0.147. The van der Waals surface area contributed by atoms with Crippen LogP contribution in [-0.2, 0) is 16.0 Å². The summed E-state index contributed by atoms with van der Waals surface area (Å²) in [5, 5.41) is 5.67. The molecule has 1 aliphatic carbocycles. The minimum Gasteiger partial charge on any atom is -0.466 e. The summed E-state index contributed by atoms with van der Waals surface area (Å²) in [5.74, 6) is -0.180. The smallest absolute Gasteiger partial charge is 0.309 e. The van der Waals surface area contributed by atoms with Crippen molar-refractivity contribution in [1.82, 2.24) is 5.32 Å². The number of ether oxygens (including phenoxy) is 1. The normalized spacial score (nSPS) is 20.2. The molecule has 0 radical (unpaired) electrons. The van der Waals surface area contributed by atoms with Gasteiger partial charge in [-0.2, -0.15) is 0 Å². The Hall–Kier alpha value is -0.870. The molecule has 1 N–H and O–H groups in total. The van der Waals surface area contributed by atoms with E-state index in [0.29, 0.717) is 19.2 Å². The molecule has 1 aliphatic rings. The van der Waals surface area contributed by atoms with E-state index >= 15 is 0 Å². The quantitative estimate of drug-likeness (QED) is 0.834. The molecule has 4 heteroatoms. The summed E-state index contributed by atoms with van der Waals surface area (Å²) in [6.07, 6.45) is 3.61. The van der Waals surface area contributed by atoms with Crippen molar-refractivity contribution in [3.63, 3.8) is 0 Å². The number of fused-ring (bicyclic) bond motifs is 1. The molecule has 1 heterocycles. The first kappa shape index (κ1) is 13.6. The average Bonchev–Trinajstić information content (AvgIpc) is 2.84. The van der Waals surface area contributed by atoms with Crippen molar-refractivity contribution < 1.29 is 9.53 Å². The van der Waals surface area contributed by atoms with E-state index in [-0.39, 0.29) is 11.9 Å². The molecular weight excluding hydrogens is 246 g/mol. The van der Waals surface area contributed by atoms with Crippen molar-refractivity contribution in [2.24, 2.45) is 5.92 Å². The lowest BCUT2D eigenvalue weighted by atomic mass is 9.93. The highest BCUT2D eigenvalue weighted by Crippen LogP contribution is 2.33. The fourth-order valence-electron chi connectivity index (χ4n) is 2.39. The van der Waals surface area contributed by atoms with Crippen LogP contribution in [0.25, 0.3) is 0 Å². The van der Waals surface area contributed by atoms with E-state index in [1.807, 2.05) is 25.2 Å². The molecule has 0 saturated carbocycles. The Morgan fingerprint density at radius 2 is 2.50 bits per heavy atom. The Morgan fingerprint density at radius 3 is 3.28 bits per heavy atom. The van der Waals surface area contributed by atoms with Crippen LogP contribution in [0, 0.1) is 5.92 Å². The molecule has 0 spiro atoms. The van der Waals surface area contributed by atoms with Crippen LogP contribution in [0.1, 0.15) is 43.2 Å². The standard InChI is InChI=1S/C14H21NO2S/c1-3-17-14(16)10(2)9-15-12-5-4-6-13-11(12)7-8-18-13/h7-8,10,12,15H,3-6,9H2,1-2H3. The lowest BCUT2D eigenvalue weighted by Crippen LogP contribution is -2.32. The van der Waals surface area contributed by atoms with E-state index in [9.17, 15) is 4.79 Å². The second-order valence-corrected chi connectivity index (χ2v) is 5.81. The second kappa shape index (κ2) is 6.34. The van der Waals surface area contributed by atoms with Crippen molar-refractivity contribution in [3.05, 3.63) is 21.9 Å². The summed E-state index contributed by atoms with van der Waals surface area (Å²) in [6.45, 7) is 4.92. The highest BCUT2D eigenvalue weighted by atomic mass is 32.1. The number of carbonyl (C=O) groups excluding carboxylic acids is 1. The number of carbonyl (C=O) groups is 1. The molecule has 100 valence electrons. The van der Waals surface area contributed by atoms with E-state index in [1.165, 1.54) is 29.7 Å². The fourth-order valence-corrected chi connectivity index (χ4v) is 3.37. The van der Waals surface area contributed by atoms with Gasteiger partial charge in [0.05, 0.1) is 12.5 Å². The van der Waals surface area contributed by atoms with Crippen molar-refractivity contribution >= 4 is 17.3 Å². The molecule has 0 amide bonds. The highest BCUT2D eigenvalue weighted by molar-refractivity contribution is 7.10. The Morgan fingerprint density at radius 1 is 1.67 bits per heavy atom. The third kappa shape index (κ3) is 3.12. The Kier molecular flexibility index (Phi) is 4.78. The number of thiophene rings is 1. The number of aryl methyl sites for hydroxylation is 1. The van der Waals surface area contributed by atoms with Crippen LogP contribution in [0.3, 0.4) is 0 Å². The molecule has 18 heavy (non-hydrogen) atoms. The Labute approximate surface area is 113 Å². The molecule has 0 saturated heterocycles. The summed E-state index contributed by atoms with van der Waals surface area (Å²) in [6, 6.07) is 2.63. The van der Waals surface area contributed by atoms with E-state index in [2.05, 4.69) is 16.8 Å². The largest absolute Gasteiger partial charge is 0.466 e. The zero-order chi connectivity index (χ0) is 13.0. The SMILES string of the molecule is CCOC(=O)C(C)CNC1CCCc2sccc21. The van der Waals surface area contributed by atoms with Gasteiger partial charge in [0, 0.05) is 17.5 Å². The van der Waals surface area contributed by atoms with Gasteiger partial charge < -0.3 is 10.1 Å². The number of rotatable bonds is 5. The molecule has 2 unspecified atom stereocenters. The zero-order valence-electron chi connectivity index (χ0n) is 11.1. The number of hydrogen-bond acceptors (Lipinski definition) is 4. The van der Waals surface area contributed by atoms with E-state index < -0.39 is 0 Å². The molecule has 0 bridgehead atoms. The van der Waals surface area contributed by atoms with Crippen LogP contribution in [0.15, 0.2) is 11.4 Å². The van der Waals surface area contributed by atoms with Crippen LogP contribution in [0.2, 0.25) is 0 Å². The Bertz CT molecular complexity index is 402. The first-order valence-electron chi connectivity index (χ1n) is 6.68.